The summed E-state index contributed by atoms with van der Waals surface area (Å²) in [4.78, 5) is 25.4. The summed E-state index contributed by atoms with van der Waals surface area (Å²) in [7, 11) is 0. The number of carboxylic acids is 1. The second kappa shape index (κ2) is 6.31. The lowest BCUT2D eigenvalue weighted by Crippen LogP contribution is -2.06. The minimum atomic E-state index is -1.05. The number of halogens is 1. The second-order valence-electron chi connectivity index (χ2n) is 4.11. The van der Waals surface area contributed by atoms with Gasteiger partial charge in [-0.2, -0.15) is 0 Å². The number of aromatic nitrogens is 1. The summed E-state index contributed by atoms with van der Waals surface area (Å²) >= 11 is 3.18. The molecule has 2 N–H and O–H groups in total. The van der Waals surface area contributed by atoms with Crippen molar-refractivity contribution in [1.29, 1.82) is 0 Å². The molecule has 0 radical (unpaired) electrons. The quantitative estimate of drug-likeness (QED) is 0.633. The van der Waals surface area contributed by atoms with Crippen LogP contribution in [0.15, 0.2) is 41.0 Å². The molecule has 21 heavy (non-hydrogen) atoms. The number of carbonyl (C=O) groups is 1. The van der Waals surface area contributed by atoms with Gasteiger partial charge in [-0.05, 0) is 24.3 Å². The van der Waals surface area contributed by atoms with Crippen molar-refractivity contribution in [2.45, 2.75) is 6.54 Å². The van der Waals surface area contributed by atoms with Crippen LogP contribution in [0.3, 0.4) is 0 Å². The standard InChI is InChI=1S/C13H10BrN3O4/c14-9-1-2-11(12(6-9)17(20)21)16-7-10-5-8(13(18)19)3-4-15-10/h1-6,16H,7H2,(H,18,19). The maximum Gasteiger partial charge on any atom is 0.335 e. The molecule has 0 saturated carbocycles. The van der Waals surface area contributed by atoms with Crippen LogP contribution in [0.4, 0.5) is 11.4 Å². The number of pyridine rings is 1. The molecule has 7 nitrogen and oxygen atoms in total. The Labute approximate surface area is 127 Å². The molecule has 0 fully saturated rings. The fourth-order valence-electron chi connectivity index (χ4n) is 1.70. The maximum absolute atomic E-state index is 11.0. The summed E-state index contributed by atoms with van der Waals surface area (Å²) < 4.78 is 0.603. The smallest absolute Gasteiger partial charge is 0.335 e. The van der Waals surface area contributed by atoms with Crippen LogP contribution in [0.2, 0.25) is 0 Å². The average molecular weight is 352 g/mol. The van der Waals surface area contributed by atoms with E-state index in [9.17, 15) is 14.9 Å². The van der Waals surface area contributed by atoms with E-state index >= 15 is 0 Å². The zero-order valence-corrected chi connectivity index (χ0v) is 12.2. The van der Waals surface area contributed by atoms with E-state index in [-0.39, 0.29) is 17.8 Å². The fourth-order valence-corrected chi connectivity index (χ4v) is 2.05. The van der Waals surface area contributed by atoms with Crippen LogP contribution in [0.1, 0.15) is 16.1 Å². The Morgan fingerprint density at radius 1 is 1.38 bits per heavy atom. The molecule has 2 aromatic rings. The largest absolute Gasteiger partial charge is 0.478 e. The lowest BCUT2D eigenvalue weighted by Gasteiger charge is -2.07. The van der Waals surface area contributed by atoms with Crippen LogP contribution in [0.25, 0.3) is 0 Å². The summed E-state index contributed by atoms with van der Waals surface area (Å²) in [5, 5.41) is 22.8. The Kier molecular flexibility index (Phi) is 4.49. The SMILES string of the molecule is O=C(O)c1ccnc(CNc2ccc(Br)cc2[N+](=O)[O-])c1. The highest BCUT2D eigenvalue weighted by Crippen LogP contribution is 2.28. The van der Waals surface area contributed by atoms with Crippen LogP contribution in [-0.4, -0.2) is 21.0 Å². The van der Waals surface area contributed by atoms with Gasteiger partial charge >= 0.3 is 5.97 Å². The summed E-state index contributed by atoms with van der Waals surface area (Å²) in [5.74, 6) is -1.05. The molecule has 0 saturated heterocycles. The van der Waals surface area contributed by atoms with Gasteiger partial charge in [-0.15, -0.1) is 0 Å². The summed E-state index contributed by atoms with van der Waals surface area (Å²) in [5.41, 5.74) is 0.865. The van der Waals surface area contributed by atoms with Gasteiger partial charge in [-0.3, -0.25) is 15.1 Å². The van der Waals surface area contributed by atoms with Gasteiger partial charge in [0.2, 0.25) is 0 Å². The van der Waals surface area contributed by atoms with Crippen molar-refractivity contribution in [3.8, 4) is 0 Å². The first-order chi connectivity index (χ1) is 9.97. The van der Waals surface area contributed by atoms with Crippen LogP contribution in [-0.2, 0) is 6.54 Å². The molecule has 1 aromatic carbocycles. The normalized spacial score (nSPS) is 10.1. The molecule has 0 aliphatic carbocycles. The molecule has 1 heterocycles. The van der Waals surface area contributed by atoms with E-state index < -0.39 is 10.9 Å². The zero-order chi connectivity index (χ0) is 15.4. The minimum Gasteiger partial charge on any atom is -0.478 e. The highest BCUT2D eigenvalue weighted by atomic mass is 79.9. The summed E-state index contributed by atoms with van der Waals surface area (Å²) in [6, 6.07) is 7.44. The van der Waals surface area contributed by atoms with Crippen molar-refractivity contribution in [1.82, 2.24) is 4.98 Å². The monoisotopic (exact) mass is 351 g/mol. The van der Waals surface area contributed by atoms with Gasteiger partial charge in [0.15, 0.2) is 0 Å². The highest BCUT2D eigenvalue weighted by Gasteiger charge is 2.14. The van der Waals surface area contributed by atoms with Gasteiger partial charge in [0.25, 0.3) is 5.69 Å². The van der Waals surface area contributed by atoms with Crippen molar-refractivity contribution in [3.05, 3.63) is 62.4 Å². The molecule has 0 aliphatic heterocycles. The first-order valence-electron chi connectivity index (χ1n) is 5.83. The molecule has 0 spiro atoms. The number of nitrogens with one attached hydrogen (secondary N) is 1. The molecule has 0 amide bonds. The van der Waals surface area contributed by atoms with Crippen molar-refractivity contribution in [2.24, 2.45) is 0 Å². The molecule has 1 aromatic heterocycles. The molecule has 0 unspecified atom stereocenters. The van der Waals surface area contributed by atoms with Crippen molar-refractivity contribution in [3.63, 3.8) is 0 Å². The molecule has 108 valence electrons. The van der Waals surface area contributed by atoms with Crippen molar-refractivity contribution in [2.75, 3.05) is 5.32 Å². The van der Waals surface area contributed by atoms with Crippen LogP contribution < -0.4 is 5.32 Å². The third-order valence-corrected chi connectivity index (χ3v) is 3.17. The maximum atomic E-state index is 11.0. The predicted molar refractivity (Wildman–Crippen MR) is 79.3 cm³/mol. The predicted octanol–water partition coefficient (Wildman–Crippen LogP) is 3.06. The van der Waals surface area contributed by atoms with E-state index in [1.807, 2.05) is 0 Å². The molecule has 8 heteroatoms. The molecule has 2 rings (SSSR count). The van der Waals surface area contributed by atoms with Crippen molar-refractivity contribution < 1.29 is 14.8 Å². The number of nitrogens with zero attached hydrogens (tertiary/aromatic N) is 2. The van der Waals surface area contributed by atoms with Gasteiger partial charge < -0.3 is 10.4 Å². The Morgan fingerprint density at radius 2 is 2.14 bits per heavy atom. The lowest BCUT2D eigenvalue weighted by atomic mass is 10.2. The molecular formula is C13H10BrN3O4. The number of benzene rings is 1. The third kappa shape index (κ3) is 3.76. The van der Waals surface area contributed by atoms with Crippen LogP contribution >= 0.6 is 15.9 Å². The highest BCUT2D eigenvalue weighted by molar-refractivity contribution is 9.10. The number of aromatic carboxylic acids is 1. The van der Waals surface area contributed by atoms with Crippen LogP contribution in [0.5, 0.6) is 0 Å². The number of carboxylic acid groups (broad SMARTS) is 1. The lowest BCUT2D eigenvalue weighted by molar-refractivity contribution is -0.384. The number of anilines is 1. The summed E-state index contributed by atoms with van der Waals surface area (Å²) in [6.07, 6.45) is 1.39. The average Bonchev–Trinajstić information content (AvgIpc) is 2.46. The van der Waals surface area contributed by atoms with Gasteiger partial charge in [0.1, 0.15) is 5.69 Å². The Balaban J connectivity index is 2.18. The topological polar surface area (TPSA) is 105 Å². The first-order valence-corrected chi connectivity index (χ1v) is 6.62. The van der Waals surface area contributed by atoms with Crippen LogP contribution in [0, 0.1) is 10.1 Å². The van der Waals surface area contributed by atoms with Gasteiger partial charge in [0, 0.05) is 16.7 Å². The Bertz CT molecular complexity index is 706. The third-order valence-electron chi connectivity index (χ3n) is 2.68. The Morgan fingerprint density at radius 3 is 2.81 bits per heavy atom. The zero-order valence-electron chi connectivity index (χ0n) is 10.6. The van der Waals surface area contributed by atoms with E-state index in [2.05, 4.69) is 26.2 Å². The number of rotatable bonds is 5. The van der Waals surface area contributed by atoms with E-state index in [1.165, 1.54) is 24.4 Å². The molecule has 0 atom stereocenters. The fraction of sp³-hybridized carbons (Fsp3) is 0.0769. The van der Waals surface area contributed by atoms with E-state index in [1.54, 1.807) is 12.1 Å². The Hall–Kier alpha value is -2.48. The molecular weight excluding hydrogens is 342 g/mol. The van der Waals surface area contributed by atoms with Crippen molar-refractivity contribution >= 4 is 33.3 Å². The van der Waals surface area contributed by atoms with E-state index in [0.29, 0.717) is 15.9 Å². The first kappa shape index (κ1) is 14.9. The van der Waals surface area contributed by atoms with E-state index in [0.717, 1.165) is 0 Å². The summed E-state index contributed by atoms with van der Waals surface area (Å²) in [6.45, 7) is 0.184. The number of nitro benzene ring substituents is 1. The number of nitro groups is 1. The molecule has 0 aliphatic rings. The minimum absolute atomic E-state index is 0.0706. The number of hydrogen-bond acceptors (Lipinski definition) is 5. The number of hydrogen-bond donors (Lipinski definition) is 2. The molecule has 0 bridgehead atoms. The van der Waals surface area contributed by atoms with E-state index in [4.69, 9.17) is 5.11 Å². The van der Waals surface area contributed by atoms with Gasteiger partial charge in [-0.1, -0.05) is 15.9 Å². The van der Waals surface area contributed by atoms with Gasteiger partial charge in [0.05, 0.1) is 22.7 Å². The second-order valence-corrected chi connectivity index (χ2v) is 5.03. The van der Waals surface area contributed by atoms with Gasteiger partial charge in [-0.25, -0.2) is 4.79 Å².